The first-order valence-electron chi connectivity index (χ1n) is 4.94. The highest BCUT2D eigenvalue weighted by molar-refractivity contribution is 9.10. The Labute approximate surface area is 98.8 Å². The van der Waals surface area contributed by atoms with Gasteiger partial charge in [0.1, 0.15) is 5.75 Å². The molecular formula is C12H15BrO2. The summed E-state index contributed by atoms with van der Waals surface area (Å²) < 4.78 is 6.47. The van der Waals surface area contributed by atoms with Gasteiger partial charge in [0.15, 0.2) is 5.78 Å². The van der Waals surface area contributed by atoms with E-state index in [1.807, 2.05) is 12.1 Å². The normalized spacial score (nSPS) is 10.5. The van der Waals surface area contributed by atoms with E-state index in [0.717, 1.165) is 4.47 Å². The Morgan fingerprint density at radius 2 is 2.13 bits per heavy atom. The molecule has 0 unspecified atom stereocenters. The van der Waals surface area contributed by atoms with Gasteiger partial charge in [0.05, 0.1) is 12.2 Å². The van der Waals surface area contributed by atoms with E-state index in [1.165, 1.54) is 0 Å². The molecule has 1 aromatic carbocycles. The summed E-state index contributed by atoms with van der Waals surface area (Å²) in [6.45, 7) is 6.32. The average molecular weight is 271 g/mol. The van der Waals surface area contributed by atoms with Gasteiger partial charge in [-0.05, 0) is 31.0 Å². The summed E-state index contributed by atoms with van der Waals surface area (Å²) in [5, 5.41) is 0. The van der Waals surface area contributed by atoms with E-state index in [1.54, 1.807) is 13.0 Å². The Hall–Kier alpha value is -0.830. The Bertz CT molecular complexity index is 359. The molecule has 0 radical (unpaired) electrons. The largest absolute Gasteiger partial charge is 0.493 e. The predicted molar refractivity (Wildman–Crippen MR) is 64.5 cm³/mol. The van der Waals surface area contributed by atoms with Crippen molar-refractivity contribution in [3.05, 3.63) is 28.2 Å². The van der Waals surface area contributed by atoms with Gasteiger partial charge in [-0.15, -0.1) is 0 Å². The number of carbonyl (C=O) groups is 1. The van der Waals surface area contributed by atoms with Crippen molar-refractivity contribution >= 4 is 21.7 Å². The van der Waals surface area contributed by atoms with Crippen molar-refractivity contribution in [2.45, 2.75) is 20.8 Å². The van der Waals surface area contributed by atoms with Crippen molar-refractivity contribution in [1.29, 1.82) is 0 Å². The van der Waals surface area contributed by atoms with E-state index in [9.17, 15) is 4.79 Å². The molecule has 1 aromatic rings. The minimum atomic E-state index is 0.0232. The molecule has 0 aromatic heterocycles. The maximum atomic E-state index is 11.4. The van der Waals surface area contributed by atoms with Crippen LogP contribution in [0.2, 0.25) is 0 Å². The topological polar surface area (TPSA) is 26.3 Å². The molecule has 0 aliphatic carbocycles. The molecule has 0 atom stereocenters. The zero-order valence-corrected chi connectivity index (χ0v) is 10.8. The number of rotatable bonds is 4. The quantitative estimate of drug-likeness (QED) is 0.781. The highest BCUT2D eigenvalue weighted by atomic mass is 79.9. The summed E-state index contributed by atoms with van der Waals surface area (Å²) in [4.78, 5) is 11.4. The second-order valence-electron chi connectivity index (χ2n) is 3.90. The van der Waals surface area contributed by atoms with Crippen molar-refractivity contribution in [3.8, 4) is 5.75 Å². The molecule has 0 aliphatic heterocycles. The number of ether oxygens (including phenoxy) is 1. The minimum Gasteiger partial charge on any atom is -0.493 e. The molecule has 0 amide bonds. The third-order valence-electron chi connectivity index (χ3n) is 1.89. The molecule has 82 valence electrons. The summed E-state index contributed by atoms with van der Waals surface area (Å²) in [5.74, 6) is 1.14. The standard InChI is InChI=1S/C12H15BrO2/c1-8(2)7-15-12-5-4-10(13)6-11(12)9(3)14/h4-6,8H,7H2,1-3H3. The number of Topliss-reactive ketones (excluding diaryl/α,β-unsaturated/α-hetero) is 1. The highest BCUT2D eigenvalue weighted by Gasteiger charge is 2.09. The third-order valence-corrected chi connectivity index (χ3v) is 2.39. The van der Waals surface area contributed by atoms with E-state index in [4.69, 9.17) is 4.74 Å². The molecule has 0 saturated carbocycles. The van der Waals surface area contributed by atoms with Gasteiger partial charge in [0, 0.05) is 4.47 Å². The number of hydrogen-bond acceptors (Lipinski definition) is 2. The van der Waals surface area contributed by atoms with Crippen LogP contribution >= 0.6 is 15.9 Å². The third kappa shape index (κ3) is 3.67. The Morgan fingerprint density at radius 1 is 1.47 bits per heavy atom. The molecular weight excluding hydrogens is 256 g/mol. The lowest BCUT2D eigenvalue weighted by Crippen LogP contribution is -2.07. The maximum absolute atomic E-state index is 11.4. The molecule has 2 nitrogen and oxygen atoms in total. The number of halogens is 1. The van der Waals surface area contributed by atoms with Crippen LogP contribution in [0.15, 0.2) is 22.7 Å². The lowest BCUT2D eigenvalue weighted by molar-refractivity contribution is 0.101. The summed E-state index contributed by atoms with van der Waals surface area (Å²) in [6, 6.07) is 5.49. The molecule has 15 heavy (non-hydrogen) atoms. The zero-order valence-electron chi connectivity index (χ0n) is 9.21. The summed E-state index contributed by atoms with van der Waals surface area (Å²) in [5.41, 5.74) is 0.630. The lowest BCUT2D eigenvalue weighted by Gasteiger charge is -2.11. The molecule has 1 rings (SSSR count). The van der Waals surface area contributed by atoms with Crippen LogP contribution in [0, 0.1) is 5.92 Å². The van der Waals surface area contributed by atoms with Crippen molar-refractivity contribution in [1.82, 2.24) is 0 Å². The molecule has 0 N–H and O–H groups in total. The molecule has 3 heteroatoms. The van der Waals surface area contributed by atoms with Crippen LogP contribution in [0.25, 0.3) is 0 Å². The second-order valence-corrected chi connectivity index (χ2v) is 4.82. The fourth-order valence-electron chi connectivity index (χ4n) is 1.16. The molecule has 0 heterocycles. The fraction of sp³-hybridized carbons (Fsp3) is 0.417. The Morgan fingerprint density at radius 3 is 2.67 bits per heavy atom. The molecule has 0 saturated heterocycles. The van der Waals surface area contributed by atoms with Gasteiger partial charge in [-0.1, -0.05) is 29.8 Å². The molecule has 0 bridgehead atoms. The molecule has 0 aliphatic rings. The van der Waals surface area contributed by atoms with E-state index in [0.29, 0.717) is 23.8 Å². The van der Waals surface area contributed by atoms with Gasteiger partial charge < -0.3 is 4.74 Å². The van der Waals surface area contributed by atoms with Crippen molar-refractivity contribution in [2.75, 3.05) is 6.61 Å². The zero-order chi connectivity index (χ0) is 11.4. The van der Waals surface area contributed by atoms with Crippen LogP contribution in [-0.4, -0.2) is 12.4 Å². The predicted octanol–water partition coefficient (Wildman–Crippen LogP) is 3.69. The van der Waals surface area contributed by atoms with Crippen molar-refractivity contribution in [2.24, 2.45) is 5.92 Å². The van der Waals surface area contributed by atoms with E-state index < -0.39 is 0 Å². The minimum absolute atomic E-state index is 0.0232. The van der Waals surface area contributed by atoms with Gasteiger partial charge in [-0.25, -0.2) is 0 Å². The lowest BCUT2D eigenvalue weighted by atomic mass is 10.1. The van der Waals surface area contributed by atoms with Crippen LogP contribution in [0.3, 0.4) is 0 Å². The monoisotopic (exact) mass is 270 g/mol. The Balaban J connectivity index is 2.91. The molecule has 0 spiro atoms. The number of benzene rings is 1. The van der Waals surface area contributed by atoms with E-state index in [-0.39, 0.29) is 5.78 Å². The van der Waals surface area contributed by atoms with Crippen LogP contribution in [0.5, 0.6) is 5.75 Å². The Kier molecular flexibility index (Phi) is 4.33. The first-order chi connectivity index (χ1) is 7.00. The summed E-state index contributed by atoms with van der Waals surface area (Å²) in [6.07, 6.45) is 0. The first kappa shape index (κ1) is 12.2. The number of hydrogen-bond donors (Lipinski definition) is 0. The van der Waals surface area contributed by atoms with Crippen molar-refractivity contribution < 1.29 is 9.53 Å². The summed E-state index contributed by atoms with van der Waals surface area (Å²) >= 11 is 3.34. The van der Waals surface area contributed by atoms with Crippen LogP contribution in [0.4, 0.5) is 0 Å². The van der Waals surface area contributed by atoms with Crippen LogP contribution in [0.1, 0.15) is 31.1 Å². The van der Waals surface area contributed by atoms with Gasteiger partial charge in [0.2, 0.25) is 0 Å². The van der Waals surface area contributed by atoms with Crippen LogP contribution in [-0.2, 0) is 0 Å². The maximum Gasteiger partial charge on any atom is 0.163 e. The number of ketones is 1. The van der Waals surface area contributed by atoms with Gasteiger partial charge in [-0.2, -0.15) is 0 Å². The number of carbonyl (C=O) groups excluding carboxylic acids is 1. The van der Waals surface area contributed by atoms with Gasteiger partial charge in [-0.3, -0.25) is 4.79 Å². The van der Waals surface area contributed by atoms with E-state index in [2.05, 4.69) is 29.8 Å². The van der Waals surface area contributed by atoms with Gasteiger partial charge in [0.25, 0.3) is 0 Å². The highest BCUT2D eigenvalue weighted by Crippen LogP contribution is 2.24. The molecule has 0 fully saturated rings. The second kappa shape index (κ2) is 5.31. The average Bonchev–Trinajstić information content (AvgIpc) is 2.15. The van der Waals surface area contributed by atoms with Crippen molar-refractivity contribution in [3.63, 3.8) is 0 Å². The first-order valence-corrected chi connectivity index (χ1v) is 5.73. The van der Waals surface area contributed by atoms with Gasteiger partial charge >= 0.3 is 0 Å². The van der Waals surface area contributed by atoms with E-state index >= 15 is 0 Å². The SMILES string of the molecule is CC(=O)c1cc(Br)ccc1OCC(C)C. The summed E-state index contributed by atoms with van der Waals surface area (Å²) in [7, 11) is 0. The fourth-order valence-corrected chi connectivity index (χ4v) is 1.52. The van der Waals surface area contributed by atoms with Crippen LogP contribution < -0.4 is 4.74 Å². The smallest absolute Gasteiger partial charge is 0.163 e.